The molecule has 0 saturated carbocycles. The Balaban J connectivity index is 2.68. The van der Waals surface area contributed by atoms with E-state index in [-0.39, 0.29) is 16.6 Å². The first-order valence-corrected chi connectivity index (χ1v) is 4.82. The van der Waals surface area contributed by atoms with E-state index in [1.165, 1.54) is 12.1 Å². The Morgan fingerprint density at radius 1 is 1.53 bits per heavy atom. The molecule has 78 valence electrons. The Hall–Kier alpha value is -1.33. The summed E-state index contributed by atoms with van der Waals surface area (Å²) in [5, 5.41) is 10.6. The molecule has 0 N–H and O–H groups in total. The number of alkyl halides is 1. The van der Waals surface area contributed by atoms with Crippen LogP contribution in [-0.4, -0.2) is 9.91 Å². The summed E-state index contributed by atoms with van der Waals surface area (Å²) in [5.41, 5.74) is 0.560. The minimum Gasteiger partial charge on any atom is -0.439 e. The molecule has 0 spiro atoms. The first kappa shape index (κ1) is 10.2. The van der Waals surface area contributed by atoms with Crippen molar-refractivity contribution in [2.45, 2.75) is 5.88 Å². The van der Waals surface area contributed by atoms with Crippen LogP contribution in [-0.2, 0) is 5.88 Å². The summed E-state index contributed by atoms with van der Waals surface area (Å²) in [5.74, 6) is 0.420. The van der Waals surface area contributed by atoms with Crippen molar-refractivity contribution in [2.24, 2.45) is 0 Å². The molecule has 2 rings (SSSR count). The molecule has 15 heavy (non-hydrogen) atoms. The molecule has 0 radical (unpaired) electrons. The van der Waals surface area contributed by atoms with E-state index in [0.29, 0.717) is 17.0 Å². The minimum atomic E-state index is -0.579. The predicted molar refractivity (Wildman–Crippen MR) is 55.2 cm³/mol. The zero-order valence-electron chi connectivity index (χ0n) is 7.24. The highest BCUT2D eigenvalue weighted by molar-refractivity contribution is 6.33. The van der Waals surface area contributed by atoms with Gasteiger partial charge in [0.15, 0.2) is 5.58 Å². The van der Waals surface area contributed by atoms with Gasteiger partial charge in [-0.05, 0) is 6.07 Å². The van der Waals surface area contributed by atoms with E-state index in [9.17, 15) is 10.1 Å². The standard InChI is InChI=1S/C8H4Cl2N2O3/c9-3-8-11-5-1-4(10)6(12(13)14)2-7(5)15-8/h1-2H,3H2. The quantitative estimate of drug-likeness (QED) is 0.464. The lowest BCUT2D eigenvalue weighted by Crippen LogP contribution is -1.88. The van der Waals surface area contributed by atoms with Gasteiger partial charge in [0.05, 0.1) is 16.9 Å². The number of hydrogen-bond donors (Lipinski definition) is 0. The maximum atomic E-state index is 10.6. The smallest absolute Gasteiger partial charge is 0.291 e. The molecule has 1 aromatic heterocycles. The maximum absolute atomic E-state index is 10.6. The highest BCUT2D eigenvalue weighted by atomic mass is 35.5. The monoisotopic (exact) mass is 246 g/mol. The van der Waals surface area contributed by atoms with Crippen LogP contribution in [0.2, 0.25) is 5.02 Å². The summed E-state index contributed by atoms with van der Waals surface area (Å²) in [7, 11) is 0. The largest absolute Gasteiger partial charge is 0.439 e. The molecule has 0 saturated heterocycles. The number of hydrogen-bond acceptors (Lipinski definition) is 4. The van der Waals surface area contributed by atoms with Gasteiger partial charge in [-0.2, -0.15) is 0 Å². The van der Waals surface area contributed by atoms with Crippen LogP contribution in [0.5, 0.6) is 0 Å². The predicted octanol–water partition coefficient (Wildman–Crippen LogP) is 3.13. The molecule has 7 heteroatoms. The van der Waals surface area contributed by atoms with Gasteiger partial charge in [0.1, 0.15) is 10.5 Å². The van der Waals surface area contributed by atoms with Gasteiger partial charge < -0.3 is 4.42 Å². The van der Waals surface area contributed by atoms with Crippen molar-refractivity contribution in [1.29, 1.82) is 0 Å². The van der Waals surface area contributed by atoms with Crippen LogP contribution in [0.3, 0.4) is 0 Å². The van der Waals surface area contributed by atoms with Crippen LogP contribution >= 0.6 is 23.2 Å². The molecule has 1 aromatic carbocycles. The Kier molecular flexibility index (Phi) is 2.50. The maximum Gasteiger partial charge on any atom is 0.291 e. The van der Waals surface area contributed by atoms with Crippen LogP contribution in [0, 0.1) is 10.1 Å². The van der Waals surface area contributed by atoms with Crippen LogP contribution in [0.1, 0.15) is 5.89 Å². The normalized spacial score (nSPS) is 10.8. The van der Waals surface area contributed by atoms with Crippen molar-refractivity contribution >= 4 is 40.0 Å². The summed E-state index contributed by atoms with van der Waals surface area (Å²) >= 11 is 11.2. The molecule has 0 amide bonds. The van der Waals surface area contributed by atoms with Gasteiger partial charge in [-0.15, -0.1) is 11.6 Å². The van der Waals surface area contributed by atoms with Crippen LogP contribution in [0.25, 0.3) is 11.1 Å². The summed E-state index contributed by atoms with van der Waals surface area (Å²) in [6.45, 7) is 0. The summed E-state index contributed by atoms with van der Waals surface area (Å²) < 4.78 is 5.16. The molecule has 0 bridgehead atoms. The zero-order valence-corrected chi connectivity index (χ0v) is 8.75. The molecule has 0 unspecified atom stereocenters. The van der Waals surface area contributed by atoms with E-state index in [0.717, 1.165) is 0 Å². The molecule has 0 aliphatic carbocycles. The number of nitrogens with zero attached hydrogens (tertiary/aromatic N) is 2. The van der Waals surface area contributed by atoms with E-state index < -0.39 is 4.92 Å². The van der Waals surface area contributed by atoms with Crippen molar-refractivity contribution in [1.82, 2.24) is 4.98 Å². The lowest BCUT2D eigenvalue weighted by atomic mass is 10.3. The lowest BCUT2D eigenvalue weighted by Gasteiger charge is -1.93. The SMILES string of the molecule is O=[N+]([O-])c1cc2oc(CCl)nc2cc1Cl. The average Bonchev–Trinajstić information content (AvgIpc) is 2.58. The number of fused-ring (bicyclic) bond motifs is 1. The number of aromatic nitrogens is 1. The second kappa shape index (κ2) is 3.67. The molecule has 0 fully saturated rings. The van der Waals surface area contributed by atoms with Crippen molar-refractivity contribution in [3.63, 3.8) is 0 Å². The third-order valence-corrected chi connectivity index (χ3v) is 2.34. The average molecular weight is 247 g/mol. The first-order chi connectivity index (χ1) is 7.11. The molecule has 5 nitrogen and oxygen atoms in total. The zero-order chi connectivity index (χ0) is 11.0. The molecule has 0 aliphatic rings. The topological polar surface area (TPSA) is 69.2 Å². The molecule has 0 atom stereocenters. The van der Waals surface area contributed by atoms with Crippen molar-refractivity contribution < 1.29 is 9.34 Å². The van der Waals surface area contributed by atoms with Gasteiger partial charge in [0.2, 0.25) is 5.89 Å². The van der Waals surface area contributed by atoms with Gasteiger partial charge in [-0.25, -0.2) is 4.98 Å². The lowest BCUT2D eigenvalue weighted by molar-refractivity contribution is -0.384. The Labute approximate surface area is 93.8 Å². The first-order valence-electron chi connectivity index (χ1n) is 3.91. The molecule has 1 heterocycles. The molecule has 2 aromatic rings. The summed E-state index contributed by atoms with van der Waals surface area (Å²) in [6.07, 6.45) is 0. The number of rotatable bonds is 2. The van der Waals surface area contributed by atoms with Gasteiger partial charge in [-0.3, -0.25) is 10.1 Å². The molecular weight excluding hydrogens is 243 g/mol. The highest BCUT2D eigenvalue weighted by Gasteiger charge is 2.16. The highest BCUT2D eigenvalue weighted by Crippen LogP contribution is 2.30. The summed E-state index contributed by atoms with van der Waals surface area (Å²) in [4.78, 5) is 14.0. The van der Waals surface area contributed by atoms with Crippen LogP contribution < -0.4 is 0 Å². The van der Waals surface area contributed by atoms with Crippen molar-refractivity contribution in [2.75, 3.05) is 0 Å². The Morgan fingerprint density at radius 3 is 2.87 bits per heavy atom. The second-order valence-corrected chi connectivity index (χ2v) is 3.44. The van der Waals surface area contributed by atoms with Crippen LogP contribution in [0.4, 0.5) is 5.69 Å². The third kappa shape index (κ3) is 1.75. The number of nitro groups is 1. The van der Waals surface area contributed by atoms with E-state index in [1.807, 2.05) is 0 Å². The fourth-order valence-corrected chi connectivity index (χ4v) is 1.52. The van der Waals surface area contributed by atoms with E-state index in [2.05, 4.69) is 4.98 Å². The van der Waals surface area contributed by atoms with Crippen LogP contribution in [0.15, 0.2) is 16.5 Å². The van der Waals surface area contributed by atoms with E-state index in [4.69, 9.17) is 27.6 Å². The van der Waals surface area contributed by atoms with Crippen molar-refractivity contribution in [3.8, 4) is 0 Å². The number of benzene rings is 1. The number of oxazole rings is 1. The summed E-state index contributed by atoms with van der Waals surface area (Å²) in [6, 6.07) is 2.62. The fourth-order valence-electron chi connectivity index (χ4n) is 1.18. The van der Waals surface area contributed by atoms with Crippen molar-refractivity contribution in [3.05, 3.63) is 33.2 Å². The number of halogens is 2. The minimum absolute atomic E-state index is 0.0296. The third-order valence-electron chi connectivity index (χ3n) is 1.81. The Bertz CT molecular complexity index is 538. The molecular formula is C8H4Cl2N2O3. The number of nitro benzene ring substituents is 1. The fraction of sp³-hybridized carbons (Fsp3) is 0.125. The van der Waals surface area contributed by atoms with E-state index in [1.54, 1.807) is 0 Å². The van der Waals surface area contributed by atoms with E-state index >= 15 is 0 Å². The van der Waals surface area contributed by atoms with Gasteiger partial charge in [0, 0.05) is 0 Å². The van der Waals surface area contributed by atoms with Gasteiger partial charge in [-0.1, -0.05) is 11.6 Å². The van der Waals surface area contributed by atoms with Gasteiger partial charge in [0.25, 0.3) is 5.69 Å². The van der Waals surface area contributed by atoms with Gasteiger partial charge >= 0.3 is 0 Å². The molecule has 0 aliphatic heterocycles. The second-order valence-electron chi connectivity index (χ2n) is 2.77. The Morgan fingerprint density at radius 2 is 2.27 bits per heavy atom.